The Bertz CT molecular complexity index is 1390. The first-order chi connectivity index (χ1) is 14.9. The minimum Gasteiger partial charge on any atom is -0.494 e. The summed E-state index contributed by atoms with van der Waals surface area (Å²) < 4.78 is 1.84. The van der Waals surface area contributed by atoms with E-state index in [2.05, 4.69) is 61.4 Å². The quantitative estimate of drug-likeness (QED) is 0.341. The molecule has 0 amide bonds. The molecule has 0 spiro atoms. The highest BCUT2D eigenvalue weighted by atomic mass is 16.3. The smallest absolute Gasteiger partial charge is 0.205 e. The van der Waals surface area contributed by atoms with E-state index in [0.717, 1.165) is 38.7 Å². The van der Waals surface area contributed by atoms with E-state index in [4.69, 9.17) is 0 Å². The predicted molar refractivity (Wildman–Crippen MR) is 129 cm³/mol. The molecule has 0 aliphatic carbocycles. The second kappa shape index (κ2) is 7.17. The molecule has 4 heteroatoms. The average molecular weight is 408 g/mol. The van der Waals surface area contributed by atoms with Gasteiger partial charge in [-0.1, -0.05) is 51.1 Å². The van der Waals surface area contributed by atoms with Crippen LogP contribution in [0, 0.1) is 0 Å². The number of pyridine rings is 1. The van der Waals surface area contributed by atoms with E-state index in [9.17, 15) is 5.11 Å². The van der Waals surface area contributed by atoms with Crippen LogP contribution in [0.4, 0.5) is 11.4 Å². The van der Waals surface area contributed by atoms with Crippen LogP contribution in [0.2, 0.25) is 0 Å². The molecule has 2 heterocycles. The zero-order valence-corrected chi connectivity index (χ0v) is 17.9. The highest BCUT2D eigenvalue weighted by Gasteiger charge is 2.16. The lowest BCUT2D eigenvalue weighted by atomic mass is 9.87. The van der Waals surface area contributed by atoms with Gasteiger partial charge in [-0.15, -0.1) is 0 Å². The molecule has 0 atom stereocenters. The van der Waals surface area contributed by atoms with Gasteiger partial charge in [0.1, 0.15) is 0 Å². The molecular formula is C27H25N3O. The van der Waals surface area contributed by atoms with Gasteiger partial charge in [0.15, 0.2) is 0 Å². The minimum atomic E-state index is 0.0917. The largest absolute Gasteiger partial charge is 0.494 e. The fraction of sp³-hybridized carbons (Fsp3) is 0.148. The molecule has 0 bridgehead atoms. The van der Waals surface area contributed by atoms with Crippen molar-refractivity contribution in [2.75, 3.05) is 5.32 Å². The molecule has 4 nitrogen and oxygen atoms in total. The van der Waals surface area contributed by atoms with Crippen LogP contribution in [0.15, 0.2) is 85.2 Å². The number of nitrogens with one attached hydrogen (secondary N) is 1. The summed E-state index contributed by atoms with van der Waals surface area (Å²) in [5.74, 6) is 0.226. The van der Waals surface area contributed by atoms with Gasteiger partial charge >= 0.3 is 0 Å². The van der Waals surface area contributed by atoms with E-state index in [-0.39, 0.29) is 11.3 Å². The maximum absolute atomic E-state index is 11.1. The summed E-state index contributed by atoms with van der Waals surface area (Å²) in [5.41, 5.74) is 5.07. The number of hydrogen-bond acceptors (Lipinski definition) is 3. The summed E-state index contributed by atoms with van der Waals surface area (Å²) in [5, 5.41) is 17.4. The fourth-order valence-corrected chi connectivity index (χ4v) is 3.98. The lowest BCUT2D eigenvalue weighted by Gasteiger charge is -2.19. The number of rotatable bonds is 3. The third-order valence-corrected chi connectivity index (χ3v) is 5.71. The fourth-order valence-electron chi connectivity index (χ4n) is 3.98. The van der Waals surface area contributed by atoms with E-state index in [1.165, 1.54) is 5.56 Å². The Hall–Kier alpha value is -3.79. The van der Waals surface area contributed by atoms with E-state index in [0.29, 0.717) is 0 Å². The third-order valence-electron chi connectivity index (χ3n) is 5.71. The Balaban J connectivity index is 1.55. The van der Waals surface area contributed by atoms with Crippen LogP contribution in [0.25, 0.3) is 27.4 Å². The molecule has 5 rings (SSSR count). The Kier molecular flexibility index (Phi) is 4.44. The van der Waals surface area contributed by atoms with Crippen molar-refractivity contribution in [1.29, 1.82) is 0 Å². The van der Waals surface area contributed by atoms with Crippen LogP contribution in [-0.4, -0.2) is 14.7 Å². The first-order valence-corrected chi connectivity index (χ1v) is 10.5. The SMILES string of the molecule is CC(C)(C)c1ccc(-n2cc3cccc(Nc4ccc5ncccc5c4)c3c2O)cc1. The molecule has 3 aromatic carbocycles. The number of fused-ring (bicyclic) bond motifs is 2. The van der Waals surface area contributed by atoms with Gasteiger partial charge in [0.05, 0.1) is 16.6 Å². The number of hydrogen-bond donors (Lipinski definition) is 2. The molecule has 0 saturated carbocycles. The molecule has 0 unspecified atom stereocenters. The molecule has 0 fully saturated rings. The maximum atomic E-state index is 11.1. The van der Waals surface area contributed by atoms with Crippen LogP contribution in [0.5, 0.6) is 5.88 Å². The topological polar surface area (TPSA) is 50.1 Å². The van der Waals surface area contributed by atoms with E-state index in [1.807, 2.05) is 53.2 Å². The molecule has 31 heavy (non-hydrogen) atoms. The molecule has 154 valence electrons. The van der Waals surface area contributed by atoms with Crippen molar-refractivity contribution in [1.82, 2.24) is 9.55 Å². The van der Waals surface area contributed by atoms with Crippen molar-refractivity contribution in [2.24, 2.45) is 0 Å². The molecule has 0 radical (unpaired) electrons. The van der Waals surface area contributed by atoms with Crippen molar-refractivity contribution in [2.45, 2.75) is 26.2 Å². The summed E-state index contributed by atoms with van der Waals surface area (Å²) in [6.07, 6.45) is 3.78. The molecule has 2 aromatic heterocycles. The Labute approximate surface area is 181 Å². The number of nitrogens with zero attached hydrogens (tertiary/aromatic N) is 2. The third kappa shape index (κ3) is 3.50. The van der Waals surface area contributed by atoms with Gasteiger partial charge < -0.3 is 10.4 Å². The Morgan fingerprint density at radius 3 is 2.42 bits per heavy atom. The van der Waals surface area contributed by atoms with Gasteiger partial charge in [0, 0.05) is 34.5 Å². The van der Waals surface area contributed by atoms with Crippen LogP contribution in [-0.2, 0) is 5.41 Å². The van der Waals surface area contributed by atoms with Crippen LogP contribution in [0.3, 0.4) is 0 Å². The zero-order valence-electron chi connectivity index (χ0n) is 17.9. The highest BCUT2D eigenvalue weighted by Crippen LogP contribution is 2.37. The summed E-state index contributed by atoms with van der Waals surface area (Å²) >= 11 is 0. The van der Waals surface area contributed by atoms with Gasteiger partial charge in [-0.05, 0) is 53.4 Å². The molecule has 2 N–H and O–H groups in total. The summed E-state index contributed by atoms with van der Waals surface area (Å²) in [4.78, 5) is 4.38. The molecular weight excluding hydrogens is 382 g/mol. The van der Waals surface area contributed by atoms with Crippen molar-refractivity contribution in [3.8, 4) is 11.6 Å². The number of aromatic nitrogens is 2. The number of benzene rings is 3. The lowest BCUT2D eigenvalue weighted by Crippen LogP contribution is -2.10. The molecule has 5 aromatic rings. The van der Waals surface area contributed by atoms with Crippen molar-refractivity contribution in [3.05, 3.63) is 90.8 Å². The molecule has 0 aliphatic rings. The van der Waals surface area contributed by atoms with Crippen LogP contribution >= 0.6 is 0 Å². The highest BCUT2D eigenvalue weighted by molar-refractivity contribution is 6.00. The normalized spacial score (nSPS) is 11.8. The van der Waals surface area contributed by atoms with Gasteiger partial charge in [-0.2, -0.15) is 0 Å². The Morgan fingerprint density at radius 2 is 1.65 bits per heavy atom. The minimum absolute atomic E-state index is 0.0917. The monoisotopic (exact) mass is 407 g/mol. The van der Waals surface area contributed by atoms with E-state index >= 15 is 0 Å². The second-order valence-electron chi connectivity index (χ2n) is 8.93. The first-order valence-electron chi connectivity index (χ1n) is 10.5. The zero-order chi connectivity index (χ0) is 21.6. The van der Waals surface area contributed by atoms with Crippen LogP contribution < -0.4 is 5.32 Å². The van der Waals surface area contributed by atoms with Crippen LogP contribution in [0.1, 0.15) is 26.3 Å². The molecule has 0 aliphatic heterocycles. The predicted octanol–water partition coefficient (Wildman–Crippen LogP) is 6.93. The van der Waals surface area contributed by atoms with Gasteiger partial charge in [0.2, 0.25) is 5.88 Å². The summed E-state index contributed by atoms with van der Waals surface area (Å²) in [6.45, 7) is 6.60. The number of anilines is 2. The van der Waals surface area contributed by atoms with E-state index < -0.39 is 0 Å². The maximum Gasteiger partial charge on any atom is 0.205 e. The Morgan fingerprint density at radius 1 is 0.871 bits per heavy atom. The standard InChI is InChI=1S/C27H25N3O/c1-27(2,3)20-9-12-22(13-10-20)30-17-19-6-4-8-24(25(19)26(30)31)29-21-11-14-23-18(16-21)7-5-15-28-23/h4-17,29,31H,1-3H3. The first kappa shape index (κ1) is 19.2. The second-order valence-corrected chi connectivity index (χ2v) is 8.93. The van der Waals surface area contributed by atoms with Crippen molar-refractivity contribution in [3.63, 3.8) is 0 Å². The summed E-state index contributed by atoms with van der Waals surface area (Å²) in [6, 6.07) is 24.4. The molecule has 0 saturated heterocycles. The lowest BCUT2D eigenvalue weighted by molar-refractivity contribution is 0.448. The number of aromatic hydroxyl groups is 1. The van der Waals surface area contributed by atoms with Gasteiger partial charge in [0.25, 0.3) is 0 Å². The van der Waals surface area contributed by atoms with Gasteiger partial charge in [-0.25, -0.2) is 0 Å². The summed E-state index contributed by atoms with van der Waals surface area (Å²) in [7, 11) is 0. The average Bonchev–Trinajstić information content (AvgIpc) is 3.11. The van der Waals surface area contributed by atoms with E-state index in [1.54, 1.807) is 6.20 Å². The van der Waals surface area contributed by atoms with Crippen molar-refractivity contribution >= 4 is 33.1 Å². The van der Waals surface area contributed by atoms with Gasteiger partial charge in [-0.3, -0.25) is 9.55 Å². The van der Waals surface area contributed by atoms with Crippen molar-refractivity contribution < 1.29 is 5.11 Å².